The molecule has 4 aromatic carbocycles. The summed E-state index contributed by atoms with van der Waals surface area (Å²) in [4.78, 5) is 24.8. The van der Waals surface area contributed by atoms with E-state index in [1.165, 1.54) is 0 Å². The topological polar surface area (TPSA) is 55.4 Å². The molecule has 1 N–H and O–H groups in total. The average Bonchev–Trinajstić information content (AvgIpc) is 2.90. The number of nitrogens with one attached hydrogen (secondary N) is 1. The zero-order valence-corrected chi connectivity index (χ0v) is 20.9. The van der Waals surface area contributed by atoms with Crippen molar-refractivity contribution in [1.29, 1.82) is 0 Å². The molecule has 0 fully saturated rings. The smallest absolute Gasteiger partial charge is 0.252 e. The molecule has 0 saturated carbocycles. The third-order valence-electron chi connectivity index (χ3n) is 6.31. The van der Waals surface area contributed by atoms with Crippen molar-refractivity contribution in [2.45, 2.75) is 45.8 Å². The first-order chi connectivity index (χ1) is 17.5. The lowest BCUT2D eigenvalue weighted by molar-refractivity contribution is -0.107. The Balaban J connectivity index is 1.63. The molecule has 0 radical (unpaired) electrons. The van der Waals surface area contributed by atoms with Gasteiger partial charge >= 0.3 is 0 Å². The summed E-state index contributed by atoms with van der Waals surface area (Å²) in [6, 6.07) is 29.8. The number of benzene rings is 4. The van der Waals surface area contributed by atoms with Gasteiger partial charge in [-0.05, 0) is 64.4 Å². The van der Waals surface area contributed by atoms with Gasteiger partial charge in [0.1, 0.15) is 18.6 Å². The number of hydrogen-bond donors (Lipinski definition) is 1. The van der Waals surface area contributed by atoms with Crippen molar-refractivity contribution in [3.63, 3.8) is 0 Å². The minimum Gasteiger partial charge on any atom is -0.489 e. The fourth-order valence-electron chi connectivity index (χ4n) is 4.57. The van der Waals surface area contributed by atoms with Crippen LogP contribution in [-0.4, -0.2) is 12.2 Å². The molecule has 0 aliphatic carbocycles. The number of amides is 1. The lowest BCUT2D eigenvalue weighted by Crippen LogP contribution is -2.30. The summed E-state index contributed by atoms with van der Waals surface area (Å²) in [5.74, 6) is 1.05. The van der Waals surface area contributed by atoms with Crippen LogP contribution in [0.1, 0.15) is 59.8 Å². The lowest BCUT2D eigenvalue weighted by Gasteiger charge is -2.24. The van der Waals surface area contributed by atoms with Gasteiger partial charge in [-0.25, -0.2) is 0 Å². The summed E-state index contributed by atoms with van der Waals surface area (Å²) in [6.07, 6.45) is 2.61. The van der Waals surface area contributed by atoms with Crippen LogP contribution in [0, 0.1) is 5.92 Å². The molecule has 0 heterocycles. The Morgan fingerprint density at radius 3 is 2.44 bits per heavy atom. The summed E-state index contributed by atoms with van der Waals surface area (Å²) < 4.78 is 5.91. The van der Waals surface area contributed by atoms with Gasteiger partial charge in [-0.3, -0.25) is 4.79 Å². The predicted molar refractivity (Wildman–Crippen MR) is 145 cm³/mol. The second-order valence-electron chi connectivity index (χ2n) is 9.52. The SMILES string of the molecule is CC(C)CC(NC(=O)c1cc(COc2ccccc2)ccc1CCC=O)c1cccc2ccccc12. The molecule has 4 rings (SSSR count). The van der Waals surface area contributed by atoms with Crippen molar-refractivity contribution in [3.05, 3.63) is 113 Å². The normalized spacial score (nSPS) is 11.9. The molecule has 4 nitrogen and oxygen atoms in total. The van der Waals surface area contributed by atoms with E-state index in [-0.39, 0.29) is 11.9 Å². The number of carbonyl (C=O) groups excluding carboxylic acids is 2. The zero-order valence-electron chi connectivity index (χ0n) is 20.9. The van der Waals surface area contributed by atoms with Crippen molar-refractivity contribution in [1.82, 2.24) is 5.32 Å². The molecule has 36 heavy (non-hydrogen) atoms. The molecule has 184 valence electrons. The van der Waals surface area contributed by atoms with E-state index in [0.717, 1.165) is 45.9 Å². The number of hydrogen-bond acceptors (Lipinski definition) is 3. The number of rotatable bonds is 11. The van der Waals surface area contributed by atoms with Gasteiger partial charge in [0.05, 0.1) is 6.04 Å². The van der Waals surface area contributed by atoms with Gasteiger partial charge in [0.2, 0.25) is 0 Å². The Morgan fingerprint density at radius 2 is 1.67 bits per heavy atom. The molecule has 4 aromatic rings. The van der Waals surface area contributed by atoms with E-state index in [1.807, 2.05) is 66.7 Å². The van der Waals surface area contributed by atoms with Crippen molar-refractivity contribution >= 4 is 23.0 Å². The summed E-state index contributed by atoms with van der Waals surface area (Å²) in [5, 5.41) is 5.63. The summed E-state index contributed by atoms with van der Waals surface area (Å²) in [6.45, 7) is 4.69. The quantitative estimate of drug-likeness (QED) is 0.234. The third-order valence-corrected chi connectivity index (χ3v) is 6.31. The molecule has 0 aliphatic rings. The highest BCUT2D eigenvalue weighted by Gasteiger charge is 2.21. The fraction of sp³-hybridized carbons (Fsp3) is 0.250. The molecule has 1 amide bonds. The number of aldehydes is 1. The van der Waals surface area contributed by atoms with Crippen LogP contribution >= 0.6 is 0 Å². The molecule has 0 saturated heterocycles. The van der Waals surface area contributed by atoms with Gasteiger partial charge in [-0.15, -0.1) is 0 Å². The first kappa shape index (κ1) is 25.2. The number of para-hydroxylation sites is 1. The van der Waals surface area contributed by atoms with Crippen molar-refractivity contribution in [3.8, 4) is 5.75 Å². The van der Waals surface area contributed by atoms with E-state index < -0.39 is 0 Å². The highest BCUT2D eigenvalue weighted by molar-refractivity contribution is 5.97. The van der Waals surface area contributed by atoms with Crippen LogP contribution in [0.2, 0.25) is 0 Å². The maximum absolute atomic E-state index is 13.7. The second-order valence-corrected chi connectivity index (χ2v) is 9.52. The van der Waals surface area contributed by atoms with Gasteiger partial charge in [-0.2, -0.15) is 0 Å². The van der Waals surface area contributed by atoms with E-state index in [0.29, 0.717) is 30.9 Å². The molecule has 1 unspecified atom stereocenters. The Kier molecular flexibility index (Phi) is 8.51. The van der Waals surface area contributed by atoms with Crippen LogP contribution in [0.4, 0.5) is 0 Å². The summed E-state index contributed by atoms with van der Waals surface area (Å²) in [5.41, 5.74) is 3.49. The number of aryl methyl sites for hydroxylation is 1. The molecule has 0 spiro atoms. The lowest BCUT2D eigenvalue weighted by atomic mass is 9.92. The van der Waals surface area contributed by atoms with Crippen LogP contribution in [0.5, 0.6) is 5.75 Å². The molecular weight excluding hydrogens is 446 g/mol. The standard InChI is InChI=1S/C32H33NO3/c1-23(2)20-31(29-16-8-11-25-10-6-7-15-28(25)29)33-32(35)30-21-24(17-18-26(30)12-9-19-34)22-36-27-13-4-3-5-14-27/h3-8,10-11,13-19,21,23,31H,9,12,20,22H2,1-2H3,(H,33,35). The Labute approximate surface area is 213 Å². The maximum Gasteiger partial charge on any atom is 0.252 e. The Morgan fingerprint density at radius 1 is 0.917 bits per heavy atom. The van der Waals surface area contributed by atoms with E-state index in [2.05, 4.69) is 43.4 Å². The van der Waals surface area contributed by atoms with Crippen LogP contribution in [-0.2, 0) is 17.8 Å². The number of ether oxygens (including phenoxy) is 1. The van der Waals surface area contributed by atoms with E-state index in [4.69, 9.17) is 4.74 Å². The zero-order chi connectivity index (χ0) is 25.3. The van der Waals surface area contributed by atoms with E-state index >= 15 is 0 Å². The summed E-state index contributed by atoms with van der Waals surface area (Å²) in [7, 11) is 0. The average molecular weight is 480 g/mol. The fourth-order valence-corrected chi connectivity index (χ4v) is 4.57. The van der Waals surface area contributed by atoms with Gasteiger partial charge < -0.3 is 14.8 Å². The van der Waals surface area contributed by atoms with Crippen LogP contribution in [0.15, 0.2) is 91.0 Å². The van der Waals surface area contributed by atoms with Crippen molar-refractivity contribution < 1.29 is 14.3 Å². The molecule has 1 atom stereocenters. The van der Waals surface area contributed by atoms with Crippen LogP contribution in [0.3, 0.4) is 0 Å². The maximum atomic E-state index is 13.7. The second kappa shape index (κ2) is 12.2. The Hall–Kier alpha value is -3.92. The van der Waals surface area contributed by atoms with Crippen LogP contribution in [0.25, 0.3) is 10.8 Å². The molecule has 4 heteroatoms. The highest BCUT2D eigenvalue weighted by atomic mass is 16.5. The number of carbonyl (C=O) groups is 2. The Bertz CT molecular complexity index is 1310. The predicted octanol–water partition coefficient (Wildman–Crippen LogP) is 7.07. The largest absolute Gasteiger partial charge is 0.489 e. The van der Waals surface area contributed by atoms with Crippen LogP contribution < -0.4 is 10.1 Å². The monoisotopic (exact) mass is 479 g/mol. The molecule has 0 aromatic heterocycles. The van der Waals surface area contributed by atoms with Gasteiger partial charge in [0.15, 0.2) is 0 Å². The van der Waals surface area contributed by atoms with Gasteiger partial charge in [0.25, 0.3) is 5.91 Å². The molecular formula is C32H33NO3. The van der Waals surface area contributed by atoms with Crippen molar-refractivity contribution in [2.24, 2.45) is 5.92 Å². The van der Waals surface area contributed by atoms with E-state index in [1.54, 1.807) is 0 Å². The number of fused-ring (bicyclic) bond motifs is 1. The van der Waals surface area contributed by atoms with Crippen molar-refractivity contribution in [2.75, 3.05) is 0 Å². The minimum atomic E-state index is -0.133. The first-order valence-corrected chi connectivity index (χ1v) is 12.6. The van der Waals surface area contributed by atoms with E-state index in [9.17, 15) is 9.59 Å². The molecule has 0 aliphatic heterocycles. The minimum absolute atomic E-state index is 0.129. The first-order valence-electron chi connectivity index (χ1n) is 12.6. The summed E-state index contributed by atoms with van der Waals surface area (Å²) >= 11 is 0. The van der Waals surface area contributed by atoms with Gasteiger partial charge in [-0.1, -0.05) is 86.6 Å². The van der Waals surface area contributed by atoms with Gasteiger partial charge in [0, 0.05) is 12.0 Å². The highest BCUT2D eigenvalue weighted by Crippen LogP contribution is 2.29. The third kappa shape index (κ3) is 6.39. The molecule has 0 bridgehead atoms.